The maximum Gasteiger partial charge on any atom is 0.277 e. The third-order valence-corrected chi connectivity index (χ3v) is 6.78. The molecule has 0 bridgehead atoms. The monoisotopic (exact) mass is 443 g/mol. The third-order valence-electron chi connectivity index (χ3n) is 4.04. The van der Waals surface area contributed by atoms with Crippen molar-refractivity contribution >= 4 is 44.7 Å². The molecule has 29 heavy (non-hydrogen) atoms. The second-order valence-electron chi connectivity index (χ2n) is 6.10. The number of aryl methyl sites for hydroxylation is 1. The Labute approximate surface area is 175 Å². The Hall–Kier alpha value is -2.83. The van der Waals surface area contributed by atoms with Crippen molar-refractivity contribution in [3.05, 3.63) is 57.1 Å². The van der Waals surface area contributed by atoms with Gasteiger partial charge in [-0.05, 0) is 19.1 Å². The molecule has 1 N–H and O–H groups in total. The summed E-state index contributed by atoms with van der Waals surface area (Å²) in [6.07, 6.45) is 3.02. The molecule has 5 heterocycles. The van der Waals surface area contributed by atoms with Gasteiger partial charge in [0.25, 0.3) is 10.8 Å². The average molecular weight is 444 g/mol. The third kappa shape index (κ3) is 3.73. The molecule has 0 atom stereocenters. The van der Waals surface area contributed by atoms with Crippen molar-refractivity contribution in [1.82, 2.24) is 34.9 Å². The van der Waals surface area contributed by atoms with Crippen LogP contribution in [0.1, 0.15) is 16.6 Å². The predicted octanol–water partition coefficient (Wildman–Crippen LogP) is 3.34. The van der Waals surface area contributed by atoms with E-state index in [1.807, 2.05) is 11.4 Å². The van der Waals surface area contributed by atoms with E-state index in [9.17, 15) is 4.79 Å². The van der Waals surface area contributed by atoms with E-state index in [0.717, 1.165) is 15.3 Å². The zero-order chi connectivity index (χ0) is 19.8. The molecule has 146 valence electrons. The summed E-state index contributed by atoms with van der Waals surface area (Å²) in [4.78, 5) is 27.1. The van der Waals surface area contributed by atoms with Gasteiger partial charge in [-0.3, -0.25) is 4.79 Å². The molecule has 5 rings (SSSR count). The Morgan fingerprint density at radius 2 is 2.24 bits per heavy atom. The first-order valence-electron chi connectivity index (χ1n) is 8.50. The number of aromatic nitrogens is 7. The van der Waals surface area contributed by atoms with Gasteiger partial charge in [0, 0.05) is 20.7 Å². The van der Waals surface area contributed by atoms with Gasteiger partial charge >= 0.3 is 0 Å². The normalized spacial score (nSPS) is 11.5. The van der Waals surface area contributed by atoms with Gasteiger partial charge in [-0.1, -0.05) is 11.8 Å². The number of rotatable bonds is 6. The van der Waals surface area contributed by atoms with Crippen molar-refractivity contribution in [2.24, 2.45) is 0 Å². The molecule has 0 fully saturated rings. The highest BCUT2D eigenvalue weighted by Gasteiger charge is 2.15. The highest BCUT2D eigenvalue weighted by molar-refractivity contribution is 7.98. The summed E-state index contributed by atoms with van der Waals surface area (Å²) in [5.74, 6) is 1.42. The van der Waals surface area contributed by atoms with E-state index < -0.39 is 0 Å². The molecule has 0 aliphatic rings. The predicted molar refractivity (Wildman–Crippen MR) is 111 cm³/mol. The first-order chi connectivity index (χ1) is 14.2. The van der Waals surface area contributed by atoms with Crippen molar-refractivity contribution in [2.75, 3.05) is 0 Å². The van der Waals surface area contributed by atoms with Crippen molar-refractivity contribution < 1.29 is 4.42 Å². The van der Waals surface area contributed by atoms with E-state index >= 15 is 0 Å². The summed E-state index contributed by atoms with van der Waals surface area (Å²) in [6, 6.07) is 4.09. The van der Waals surface area contributed by atoms with E-state index in [1.54, 1.807) is 22.3 Å². The van der Waals surface area contributed by atoms with Crippen LogP contribution in [0.15, 0.2) is 44.6 Å². The second kappa shape index (κ2) is 7.54. The lowest BCUT2D eigenvalue weighted by Crippen LogP contribution is -2.10. The van der Waals surface area contributed by atoms with Gasteiger partial charge in [-0.2, -0.15) is 5.10 Å². The highest BCUT2D eigenvalue weighted by atomic mass is 32.2. The van der Waals surface area contributed by atoms with Crippen LogP contribution in [0.2, 0.25) is 0 Å². The summed E-state index contributed by atoms with van der Waals surface area (Å²) < 4.78 is 7.19. The van der Waals surface area contributed by atoms with E-state index in [1.165, 1.54) is 34.3 Å². The van der Waals surface area contributed by atoms with Crippen LogP contribution in [0.4, 0.5) is 0 Å². The molecule has 0 aromatic carbocycles. The maximum absolute atomic E-state index is 12.7. The fraction of sp³-hybridized carbons (Fsp3) is 0.176. The number of hydrogen-bond acceptors (Lipinski definition) is 10. The lowest BCUT2D eigenvalue weighted by Gasteiger charge is -2.00. The molecule has 5 aromatic rings. The first-order valence-corrected chi connectivity index (χ1v) is 11.2. The number of nitrogens with zero attached hydrogens (tertiary/aromatic N) is 6. The van der Waals surface area contributed by atoms with E-state index in [-0.39, 0.29) is 5.56 Å². The summed E-state index contributed by atoms with van der Waals surface area (Å²) in [5.41, 5.74) is 0.802. The number of aromatic amines is 1. The van der Waals surface area contributed by atoms with Gasteiger partial charge in [-0.25, -0.2) is 14.6 Å². The Morgan fingerprint density at radius 3 is 3.03 bits per heavy atom. The van der Waals surface area contributed by atoms with Gasteiger partial charge in [-0.15, -0.1) is 32.9 Å². The van der Waals surface area contributed by atoms with Gasteiger partial charge in [0.2, 0.25) is 5.89 Å². The maximum atomic E-state index is 12.7. The number of nitrogens with one attached hydrogen (secondary N) is 1. The van der Waals surface area contributed by atoms with Crippen LogP contribution >= 0.6 is 34.4 Å². The standard InChI is InChI=1S/C17H13N7O2S3/c1-9-2-3-11(29-9)10-5-27-16-14(10)15(25)20-12(21-16)6-28-17-23-22-13(26-17)4-24-8-18-7-19-24/h2-3,5,7-8H,4,6H2,1H3,(H,20,21,25). The van der Waals surface area contributed by atoms with Crippen molar-refractivity contribution in [3.8, 4) is 10.4 Å². The fourth-order valence-electron chi connectivity index (χ4n) is 2.77. The number of thioether (sulfide) groups is 1. The first kappa shape index (κ1) is 18.2. The minimum absolute atomic E-state index is 0.134. The molecule has 9 nitrogen and oxygen atoms in total. The van der Waals surface area contributed by atoms with Gasteiger partial charge in [0.15, 0.2) is 0 Å². The summed E-state index contributed by atoms with van der Waals surface area (Å²) in [7, 11) is 0. The molecule has 0 saturated carbocycles. The van der Waals surface area contributed by atoms with E-state index in [4.69, 9.17) is 4.42 Å². The van der Waals surface area contributed by atoms with Crippen molar-refractivity contribution in [1.29, 1.82) is 0 Å². The zero-order valence-electron chi connectivity index (χ0n) is 15.0. The number of hydrogen-bond donors (Lipinski definition) is 1. The molecular weight excluding hydrogens is 430 g/mol. The Kier molecular flexibility index (Phi) is 4.73. The summed E-state index contributed by atoms with van der Waals surface area (Å²) in [6.45, 7) is 2.41. The minimum atomic E-state index is -0.134. The largest absolute Gasteiger partial charge is 0.414 e. The highest BCUT2D eigenvalue weighted by Crippen LogP contribution is 2.35. The lowest BCUT2D eigenvalue weighted by molar-refractivity contribution is 0.397. The van der Waals surface area contributed by atoms with Crippen LogP contribution in [0, 0.1) is 6.92 Å². The van der Waals surface area contributed by atoms with Gasteiger partial charge in [0.1, 0.15) is 29.9 Å². The minimum Gasteiger partial charge on any atom is -0.414 e. The SMILES string of the molecule is Cc1ccc(-c2csc3nc(CSc4nnc(Cn5cncn5)o4)[nH]c(=O)c23)s1. The molecule has 0 spiro atoms. The van der Waals surface area contributed by atoms with Crippen LogP contribution in [0.5, 0.6) is 0 Å². The van der Waals surface area contributed by atoms with E-state index in [2.05, 4.69) is 43.2 Å². The molecule has 0 saturated heterocycles. The van der Waals surface area contributed by atoms with Crippen LogP contribution in [0.3, 0.4) is 0 Å². The molecule has 0 radical (unpaired) electrons. The topological polar surface area (TPSA) is 115 Å². The van der Waals surface area contributed by atoms with Gasteiger partial charge < -0.3 is 9.40 Å². The molecule has 0 aliphatic carbocycles. The number of H-pyrrole nitrogens is 1. The number of thiophene rings is 2. The molecule has 0 amide bonds. The Morgan fingerprint density at radius 1 is 1.31 bits per heavy atom. The molecule has 0 unspecified atom stereocenters. The van der Waals surface area contributed by atoms with Gasteiger partial charge in [0.05, 0.1) is 11.1 Å². The molecular formula is C17H13N7O2S3. The Balaban J connectivity index is 1.34. The smallest absolute Gasteiger partial charge is 0.277 e. The molecule has 0 aliphatic heterocycles. The van der Waals surface area contributed by atoms with Crippen molar-refractivity contribution in [2.45, 2.75) is 24.4 Å². The van der Waals surface area contributed by atoms with Crippen LogP contribution in [0.25, 0.3) is 20.7 Å². The number of fused-ring (bicyclic) bond motifs is 1. The second-order valence-corrected chi connectivity index (χ2v) is 9.17. The molecule has 5 aromatic heterocycles. The van der Waals surface area contributed by atoms with Crippen LogP contribution in [-0.4, -0.2) is 34.9 Å². The van der Waals surface area contributed by atoms with Crippen LogP contribution < -0.4 is 5.56 Å². The fourth-order valence-corrected chi connectivity index (χ4v) is 5.34. The zero-order valence-corrected chi connectivity index (χ0v) is 17.5. The average Bonchev–Trinajstić information content (AvgIpc) is 3.48. The Bertz CT molecular complexity index is 1330. The summed E-state index contributed by atoms with van der Waals surface area (Å²) in [5, 5.41) is 15.0. The van der Waals surface area contributed by atoms with Crippen LogP contribution in [-0.2, 0) is 12.3 Å². The summed E-state index contributed by atoms with van der Waals surface area (Å²) >= 11 is 4.46. The van der Waals surface area contributed by atoms with E-state index in [0.29, 0.717) is 34.6 Å². The quantitative estimate of drug-likeness (QED) is 0.397. The van der Waals surface area contributed by atoms with Crippen molar-refractivity contribution in [3.63, 3.8) is 0 Å². The molecule has 12 heteroatoms. The lowest BCUT2D eigenvalue weighted by atomic mass is 10.2.